The molecule has 1 aliphatic rings. The van der Waals surface area contributed by atoms with Crippen LogP contribution < -0.4 is 5.32 Å². The number of aliphatic carboxylic acids is 1. The monoisotopic (exact) mass is 296 g/mol. The highest BCUT2D eigenvalue weighted by atomic mass is 19.4. The molecule has 3 N–H and O–H groups in total. The molecular formula is C11H15F3N2O4. The second-order valence-electron chi connectivity index (χ2n) is 4.28. The Hall–Kier alpha value is -1.77. The fourth-order valence-electron chi connectivity index (χ4n) is 1.74. The summed E-state index contributed by atoms with van der Waals surface area (Å²) in [6, 6.07) is -2.02. The van der Waals surface area contributed by atoms with E-state index in [0.29, 0.717) is 0 Å². The van der Waals surface area contributed by atoms with Crippen LogP contribution in [0.4, 0.5) is 18.0 Å². The molecule has 1 rings (SSSR count). The lowest BCUT2D eigenvalue weighted by molar-refractivity contribution is -0.139. The molecule has 0 fully saturated rings. The van der Waals surface area contributed by atoms with Crippen LogP contribution in [0.25, 0.3) is 0 Å². The Morgan fingerprint density at radius 2 is 2.10 bits per heavy atom. The SMILES string of the molecule is O=C(O)[C@@H](CCO)NC(=O)N1CC=C(C(F)(F)F)CC1. The number of carbonyl (C=O) groups excluding carboxylic acids is 1. The second-order valence-corrected chi connectivity index (χ2v) is 4.28. The number of alkyl halides is 3. The molecule has 0 bridgehead atoms. The number of carboxylic acids is 1. The van der Waals surface area contributed by atoms with Crippen LogP contribution in [0.5, 0.6) is 0 Å². The Labute approximate surface area is 112 Å². The summed E-state index contributed by atoms with van der Waals surface area (Å²) in [6.07, 6.45) is -3.98. The predicted octanol–water partition coefficient (Wildman–Crippen LogP) is 0.726. The first kappa shape index (κ1) is 16.3. The normalized spacial score (nSPS) is 17.4. The first-order valence-electron chi connectivity index (χ1n) is 5.91. The van der Waals surface area contributed by atoms with Gasteiger partial charge in [-0.25, -0.2) is 9.59 Å². The van der Waals surface area contributed by atoms with Crippen molar-refractivity contribution < 1.29 is 33.0 Å². The van der Waals surface area contributed by atoms with Crippen LogP contribution >= 0.6 is 0 Å². The number of nitrogens with one attached hydrogen (secondary N) is 1. The van der Waals surface area contributed by atoms with E-state index in [0.717, 1.165) is 11.0 Å². The van der Waals surface area contributed by atoms with E-state index in [4.69, 9.17) is 10.2 Å². The molecular weight excluding hydrogens is 281 g/mol. The Morgan fingerprint density at radius 1 is 1.45 bits per heavy atom. The van der Waals surface area contributed by atoms with Crippen molar-refractivity contribution in [2.75, 3.05) is 19.7 Å². The first-order valence-corrected chi connectivity index (χ1v) is 5.91. The Kier molecular flexibility index (Phi) is 5.37. The molecule has 6 nitrogen and oxygen atoms in total. The van der Waals surface area contributed by atoms with Crippen LogP contribution in [-0.2, 0) is 4.79 Å². The Morgan fingerprint density at radius 3 is 2.50 bits per heavy atom. The van der Waals surface area contributed by atoms with Gasteiger partial charge < -0.3 is 20.4 Å². The highest BCUT2D eigenvalue weighted by Gasteiger charge is 2.35. The molecule has 9 heteroatoms. The van der Waals surface area contributed by atoms with Crippen LogP contribution in [0.15, 0.2) is 11.6 Å². The zero-order valence-corrected chi connectivity index (χ0v) is 10.5. The van der Waals surface area contributed by atoms with Crippen molar-refractivity contribution in [3.8, 4) is 0 Å². The molecule has 0 aliphatic carbocycles. The van der Waals surface area contributed by atoms with E-state index in [1.54, 1.807) is 0 Å². The van der Waals surface area contributed by atoms with Gasteiger partial charge in [0.05, 0.1) is 0 Å². The minimum absolute atomic E-state index is 0.136. The molecule has 0 saturated carbocycles. The van der Waals surface area contributed by atoms with Gasteiger partial charge in [0.15, 0.2) is 0 Å². The summed E-state index contributed by atoms with van der Waals surface area (Å²) in [5.41, 5.74) is -0.688. The fraction of sp³-hybridized carbons (Fsp3) is 0.636. The lowest BCUT2D eigenvalue weighted by Gasteiger charge is -2.28. The predicted molar refractivity (Wildman–Crippen MR) is 62.0 cm³/mol. The lowest BCUT2D eigenvalue weighted by atomic mass is 10.1. The summed E-state index contributed by atoms with van der Waals surface area (Å²) in [7, 11) is 0. The molecule has 1 aliphatic heterocycles. The molecule has 0 saturated heterocycles. The maximum Gasteiger partial charge on any atom is 0.412 e. The molecule has 0 aromatic rings. The highest BCUT2D eigenvalue weighted by Crippen LogP contribution is 2.30. The summed E-state index contributed by atoms with van der Waals surface area (Å²) < 4.78 is 37.2. The number of amides is 2. The molecule has 0 aromatic heterocycles. The van der Waals surface area contributed by atoms with E-state index in [2.05, 4.69) is 5.32 Å². The number of carbonyl (C=O) groups is 2. The lowest BCUT2D eigenvalue weighted by Crippen LogP contribution is -2.49. The molecule has 0 radical (unpaired) electrons. The minimum Gasteiger partial charge on any atom is -0.480 e. The average Bonchev–Trinajstić information content (AvgIpc) is 2.37. The molecule has 0 aromatic carbocycles. The van der Waals surface area contributed by atoms with Crippen LogP contribution in [-0.4, -0.2) is 59.0 Å². The summed E-state index contributed by atoms with van der Waals surface area (Å²) in [4.78, 5) is 23.6. The molecule has 114 valence electrons. The van der Waals surface area contributed by atoms with Gasteiger partial charge in [-0.15, -0.1) is 0 Å². The largest absolute Gasteiger partial charge is 0.480 e. The standard InChI is InChI=1S/C11H15F3N2O4/c12-11(13,14)7-1-4-16(5-2-7)10(20)15-8(3-6-17)9(18)19/h1,8,17H,2-6H2,(H,15,20)(H,18,19)/t8-/m1/s1. The van der Waals surface area contributed by atoms with Gasteiger partial charge in [0.1, 0.15) is 6.04 Å². The van der Waals surface area contributed by atoms with Gasteiger partial charge in [0, 0.05) is 31.7 Å². The van der Waals surface area contributed by atoms with E-state index in [1.807, 2.05) is 0 Å². The molecule has 0 spiro atoms. The van der Waals surface area contributed by atoms with Gasteiger partial charge in [-0.1, -0.05) is 6.08 Å². The van der Waals surface area contributed by atoms with Crippen molar-refractivity contribution in [2.24, 2.45) is 0 Å². The van der Waals surface area contributed by atoms with Gasteiger partial charge in [0.25, 0.3) is 0 Å². The van der Waals surface area contributed by atoms with Gasteiger partial charge in [-0.2, -0.15) is 13.2 Å². The van der Waals surface area contributed by atoms with Crippen LogP contribution in [0.2, 0.25) is 0 Å². The van der Waals surface area contributed by atoms with E-state index in [1.165, 1.54) is 0 Å². The number of rotatable bonds is 4. The number of carboxylic acid groups (broad SMARTS) is 1. The van der Waals surface area contributed by atoms with Gasteiger partial charge in [-0.3, -0.25) is 0 Å². The van der Waals surface area contributed by atoms with E-state index >= 15 is 0 Å². The molecule has 2 amide bonds. The number of aliphatic hydroxyl groups is 1. The van der Waals surface area contributed by atoms with Crippen molar-refractivity contribution in [2.45, 2.75) is 25.1 Å². The van der Waals surface area contributed by atoms with E-state index < -0.39 is 36.4 Å². The van der Waals surface area contributed by atoms with Crippen LogP contribution in [0.3, 0.4) is 0 Å². The number of aliphatic hydroxyl groups excluding tert-OH is 1. The zero-order chi connectivity index (χ0) is 15.3. The average molecular weight is 296 g/mol. The fourth-order valence-corrected chi connectivity index (χ4v) is 1.74. The molecule has 1 atom stereocenters. The van der Waals surface area contributed by atoms with Crippen molar-refractivity contribution in [1.82, 2.24) is 10.2 Å². The smallest absolute Gasteiger partial charge is 0.412 e. The summed E-state index contributed by atoms with van der Waals surface area (Å²) in [5.74, 6) is -1.31. The van der Waals surface area contributed by atoms with E-state index in [9.17, 15) is 22.8 Å². The maximum absolute atomic E-state index is 12.4. The van der Waals surface area contributed by atoms with E-state index in [-0.39, 0.29) is 25.9 Å². The van der Waals surface area contributed by atoms with Crippen molar-refractivity contribution >= 4 is 12.0 Å². The van der Waals surface area contributed by atoms with Crippen molar-refractivity contribution in [3.05, 3.63) is 11.6 Å². The highest BCUT2D eigenvalue weighted by molar-refractivity contribution is 5.82. The quantitative estimate of drug-likeness (QED) is 0.667. The third kappa shape index (κ3) is 4.41. The van der Waals surface area contributed by atoms with Crippen LogP contribution in [0, 0.1) is 0 Å². The molecule has 20 heavy (non-hydrogen) atoms. The topological polar surface area (TPSA) is 89.9 Å². The summed E-state index contributed by atoms with van der Waals surface area (Å²) in [6.45, 7) is -0.788. The second kappa shape index (κ2) is 6.60. The summed E-state index contributed by atoms with van der Waals surface area (Å²) in [5, 5.41) is 19.6. The number of halogens is 3. The van der Waals surface area contributed by atoms with Crippen LogP contribution in [0.1, 0.15) is 12.8 Å². The Bertz CT molecular complexity index is 409. The van der Waals surface area contributed by atoms with Gasteiger partial charge in [-0.05, 0) is 6.42 Å². The Balaban J connectivity index is 2.58. The van der Waals surface area contributed by atoms with Crippen molar-refractivity contribution in [3.63, 3.8) is 0 Å². The number of urea groups is 1. The van der Waals surface area contributed by atoms with Gasteiger partial charge >= 0.3 is 18.2 Å². The van der Waals surface area contributed by atoms with Crippen molar-refractivity contribution in [1.29, 1.82) is 0 Å². The maximum atomic E-state index is 12.4. The minimum atomic E-state index is -4.40. The number of hydrogen-bond donors (Lipinski definition) is 3. The molecule has 1 heterocycles. The zero-order valence-electron chi connectivity index (χ0n) is 10.5. The number of hydrogen-bond acceptors (Lipinski definition) is 3. The van der Waals surface area contributed by atoms with Gasteiger partial charge in [0.2, 0.25) is 0 Å². The first-order chi connectivity index (χ1) is 9.25. The number of nitrogens with zero attached hydrogens (tertiary/aromatic N) is 1. The third-order valence-corrected chi connectivity index (χ3v) is 2.87. The summed E-state index contributed by atoms with van der Waals surface area (Å²) >= 11 is 0. The third-order valence-electron chi connectivity index (χ3n) is 2.87. The molecule has 0 unspecified atom stereocenters.